The summed E-state index contributed by atoms with van der Waals surface area (Å²) in [4.78, 5) is 0. The predicted octanol–water partition coefficient (Wildman–Crippen LogP) is 9.20. The molecule has 0 aromatic heterocycles. The van der Waals surface area contributed by atoms with Crippen molar-refractivity contribution in [3.63, 3.8) is 0 Å². The van der Waals surface area contributed by atoms with Crippen LogP contribution in [0.3, 0.4) is 0 Å². The van der Waals surface area contributed by atoms with E-state index in [1.165, 1.54) is 55.2 Å². The molecule has 0 saturated carbocycles. The third kappa shape index (κ3) is 13.2. The molecule has 150 valence electrons. The molecule has 0 nitrogen and oxygen atoms in total. The minimum atomic E-state index is 0.382. The van der Waals surface area contributed by atoms with E-state index in [1.807, 2.05) is 0 Å². The van der Waals surface area contributed by atoms with Crippen molar-refractivity contribution in [2.75, 3.05) is 0 Å². The fourth-order valence-electron chi connectivity index (χ4n) is 3.25. The average molecular weight is 359 g/mol. The van der Waals surface area contributed by atoms with E-state index in [0.717, 1.165) is 0 Å². The first-order chi connectivity index (χ1) is 11.9. The van der Waals surface area contributed by atoms with Crippen LogP contribution in [0.2, 0.25) is 0 Å². The van der Waals surface area contributed by atoms with Crippen LogP contribution in [0.15, 0.2) is 46.1 Å². The summed E-state index contributed by atoms with van der Waals surface area (Å²) in [6, 6.07) is 0. The van der Waals surface area contributed by atoms with Gasteiger partial charge < -0.3 is 0 Å². The molecule has 0 saturated heterocycles. The lowest BCUT2D eigenvalue weighted by Crippen LogP contribution is -2.08. The van der Waals surface area contributed by atoms with Gasteiger partial charge in [-0.3, -0.25) is 0 Å². The molecule has 0 aromatic carbocycles. The molecule has 0 aliphatic rings. The molecule has 0 aliphatic heterocycles. The quantitative estimate of drug-likeness (QED) is 0.341. The maximum absolute atomic E-state index is 2.46. The second-order valence-corrected chi connectivity index (χ2v) is 9.80. The fourth-order valence-corrected chi connectivity index (χ4v) is 3.25. The molecule has 1 atom stereocenters. The molecule has 0 aliphatic carbocycles. The molecular weight excluding hydrogens is 312 g/mol. The smallest absolute Gasteiger partial charge is 0.0197 e. The van der Waals surface area contributed by atoms with Gasteiger partial charge in [-0.05, 0) is 91.4 Å². The summed E-state index contributed by atoms with van der Waals surface area (Å²) in [6.07, 6.45) is 14.3. The van der Waals surface area contributed by atoms with E-state index in [4.69, 9.17) is 0 Å². The zero-order valence-corrected chi connectivity index (χ0v) is 19.6. The Bertz CT molecular complexity index is 525. The van der Waals surface area contributed by atoms with Gasteiger partial charge in [0.2, 0.25) is 0 Å². The lowest BCUT2D eigenvalue weighted by Gasteiger charge is -2.22. The van der Waals surface area contributed by atoms with Crippen molar-refractivity contribution < 1.29 is 0 Å². The predicted molar refractivity (Wildman–Crippen MR) is 122 cm³/mol. The van der Waals surface area contributed by atoms with Crippen molar-refractivity contribution in [3.05, 3.63) is 46.1 Å². The molecule has 0 heterocycles. The van der Waals surface area contributed by atoms with Crippen LogP contribution in [0.25, 0.3) is 0 Å². The van der Waals surface area contributed by atoms with Gasteiger partial charge in [0.05, 0.1) is 0 Å². The molecule has 0 radical (unpaired) electrons. The molecule has 0 bridgehead atoms. The largest absolute Gasteiger partial charge is 0.0856 e. The summed E-state index contributed by atoms with van der Waals surface area (Å²) in [7, 11) is 0. The van der Waals surface area contributed by atoms with E-state index in [1.54, 1.807) is 11.1 Å². The Morgan fingerprint density at radius 2 is 1.27 bits per heavy atom. The Balaban J connectivity index is 4.43. The van der Waals surface area contributed by atoms with Crippen molar-refractivity contribution in [1.82, 2.24) is 0 Å². The van der Waals surface area contributed by atoms with Crippen molar-refractivity contribution in [2.45, 2.75) is 108 Å². The minimum absolute atomic E-state index is 0.382. The third-order valence-electron chi connectivity index (χ3n) is 5.15. The molecule has 0 aromatic rings. The molecular formula is C26H46. The number of allylic oxidation sites excluding steroid dienone is 8. The lowest BCUT2D eigenvalue weighted by atomic mass is 9.84. The first-order valence-corrected chi connectivity index (χ1v) is 10.5. The Morgan fingerprint density at radius 3 is 1.77 bits per heavy atom. The SMILES string of the molecule is CC(C)=CCC/C(C)=C/CC/C(C)=C/CC(C)/C(C)=C(\C)CC(C)(C)C. The van der Waals surface area contributed by atoms with E-state index >= 15 is 0 Å². The molecule has 1 unspecified atom stereocenters. The van der Waals surface area contributed by atoms with Gasteiger partial charge in [0, 0.05) is 0 Å². The van der Waals surface area contributed by atoms with Crippen LogP contribution in [0.5, 0.6) is 0 Å². The minimum Gasteiger partial charge on any atom is -0.0856 e. The molecule has 0 N–H and O–H groups in total. The number of hydrogen-bond donors (Lipinski definition) is 0. The normalized spacial score (nSPS) is 15.6. The van der Waals surface area contributed by atoms with Crippen LogP contribution in [0.4, 0.5) is 0 Å². The summed E-state index contributed by atoms with van der Waals surface area (Å²) in [5.74, 6) is 0.647. The van der Waals surface area contributed by atoms with E-state index in [0.29, 0.717) is 11.3 Å². The monoisotopic (exact) mass is 358 g/mol. The van der Waals surface area contributed by atoms with Crippen molar-refractivity contribution in [2.24, 2.45) is 11.3 Å². The Kier molecular flexibility index (Phi) is 11.9. The van der Waals surface area contributed by atoms with Crippen LogP contribution in [0, 0.1) is 11.3 Å². The molecule has 26 heavy (non-hydrogen) atoms. The average Bonchev–Trinajstić information content (AvgIpc) is 2.49. The second kappa shape index (κ2) is 12.4. The molecule has 0 amide bonds. The summed E-state index contributed by atoms with van der Waals surface area (Å²) >= 11 is 0. The Labute approximate surface area is 165 Å². The van der Waals surface area contributed by atoms with Gasteiger partial charge in [-0.1, -0.05) is 73.8 Å². The maximum atomic E-state index is 2.46. The summed E-state index contributed by atoms with van der Waals surface area (Å²) < 4.78 is 0. The second-order valence-electron chi connectivity index (χ2n) is 9.80. The van der Waals surface area contributed by atoms with Crippen molar-refractivity contribution in [1.29, 1.82) is 0 Å². The van der Waals surface area contributed by atoms with E-state index in [2.05, 4.69) is 87.5 Å². The highest BCUT2D eigenvalue weighted by molar-refractivity contribution is 5.15. The van der Waals surface area contributed by atoms with Crippen LogP contribution in [0.1, 0.15) is 108 Å². The highest BCUT2D eigenvalue weighted by atomic mass is 14.2. The van der Waals surface area contributed by atoms with Gasteiger partial charge in [0.1, 0.15) is 0 Å². The standard InChI is InChI=1S/C26H46/c1-20(2)13-11-14-21(3)15-12-16-22(4)17-18-23(5)25(7)24(6)19-26(8,9)10/h13,15,17,23H,11-12,14,16,18-19H2,1-10H3/b21-15+,22-17+,25-24+. The lowest BCUT2D eigenvalue weighted by molar-refractivity contribution is 0.406. The van der Waals surface area contributed by atoms with Crippen LogP contribution < -0.4 is 0 Å². The summed E-state index contributed by atoms with van der Waals surface area (Å²) in [6.45, 7) is 22.9. The van der Waals surface area contributed by atoms with Gasteiger partial charge in [0.25, 0.3) is 0 Å². The third-order valence-corrected chi connectivity index (χ3v) is 5.15. The Hall–Kier alpha value is -1.04. The van der Waals surface area contributed by atoms with Gasteiger partial charge >= 0.3 is 0 Å². The van der Waals surface area contributed by atoms with Crippen LogP contribution in [-0.2, 0) is 0 Å². The maximum Gasteiger partial charge on any atom is -0.0197 e. The van der Waals surface area contributed by atoms with Crippen LogP contribution >= 0.6 is 0 Å². The molecule has 0 heteroatoms. The van der Waals surface area contributed by atoms with Gasteiger partial charge in [0.15, 0.2) is 0 Å². The zero-order chi connectivity index (χ0) is 20.3. The number of rotatable bonds is 10. The van der Waals surface area contributed by atoms with Crippen molar-refractivity contribution >= 4 is 0 Å². The zero-order valence-electron chi connectivity index (χ0n) is 19.6. The topological polar surface area (TPSA) is 0 Å². The fraction of sp³-hybridized carbons (Fsp3) is 0.692. The summed E-state index contributed by atoms with van der Waals surface area (Å²) in [5, 5.41) is 0. The summed E-state index contributed by atoms with van der Waals surface area (Å²) in [5.41, 5.74) is 8.02. The molecule has 0 rings (SSSR count). The molecule has 0 spiro atoms. The van der Waals surface area contributed by atoms with Crippen molar-refractivity contribution in [3.8, 4) is 0 Å². The Morgan fingerprint density at radius 1 is 0.769 bits per heavy atom. The molecule has 0 fully saturated rings. The van der Waals surface area contributed by atoms with Crippen LogP contribution in [-0.4, -0.2) is 0 Å². The van der Waals surface area contributed by atoms with E-state index in [-0.39, 0.29) is 0 Å². The van der Waals surface area contributed by atoms with Gasteiger partial charge in [-0.15, -0.1) is 0 Å². The highest BCUT2D eigenvalue weighted by Gasteiger charge is 2.14. The number of hydrogen-bond acceptors (Lipinski definition) is 0. The van der Waals surface area contributed by atoms with E-state index in [9.17, 15) is 0 Å². The van der Waals surface area contributed by atoms with Gasteiger partial charge in [-0.25, -0.2) is 0 Å². The first-order valence-electron chi connectivity index (χ1n) is 10.5. The van der Waals surface area contributed by atoms with Gasteiger partial charge in [-0.2, -0.15) is 0 Å². The highest BCUT2D eigenvalue weighted by Crippen LogP contribution is 2.29. The van der Waals surface area contributed by atoms with E-state index < -0.39 is 0 Å². The first kappa shape index (κ1) is 25.0.